The van der Waals surface area contributed by atoms with Crippen molar-refractivity contribution in [3.05, 3.63) is 59.2 Å². The zero-order valence-electron chi connectivity index (χ0n) is 17.2. The molecule has 3 rings (SSSR count). The molecule has 7 heteroatoms. The van der Waals surface area contributed by atoms with Crippen LogP contribution in [0.2, 0.25) is 0 Å². The second-order valence-corrected chi connectivity index (χ2v) is 7.38. The minimum absolute atomic E-state index is 0.0427. The van der Waals surface area contributed by atoms with Gasteiger partial charge in [0.2, 0.25) is 5.91 Å². The molecule has 1 fully saturated rings. The normalized spacial score (nSPS) is 15.8. The van der Waals surface area contributed by atoms with Gasteiger partial charge in [0.1, 0.15) is 0 Å². The fraction of sp³-hybridized carbons (Fsp3) is 0.304. The molecule has 0 bridgehead atoms. The predicted octanol–water partition coefficient (Wildman–Crippen LogP) is 3.04. The van der Waals surface area contributed by atoms with E-state index in [-0.39, 0.29) is 24.7 Å². The average Bonchev–Trinajstić information content (AvgIpc) is 3.10. The third-order valence-electron chi connectivity index (χ3n) is 5.25. The summed E-state index contributed by atoms with van der Waals surface area (Å²) in [5.74, 6) is -2.10. The zero-order valence-corrected chi connectivity index (χ0v) is 17.2. The summed E-state index contributed by atoms with van der Waals surface area (Å²) in [6, 6.07) is 12.3. The Bertz CT molecular complexity index is 1010. The quantitative estimate of drug-likeness (QED) is 0.586. The predicted molar refractivity (Wildman–Crippen MR) is 112 cm³/mol. The number of ether oxygens (including phenoxy) is 1. The molecular formula is C23H24N2O5. The van der Waals surface area contributed by atoms with Crippen LogP contribution < -0.4 is 10.2 Å². The standard InChI is InChI=1S/C23H24N2O5/c1-14-7-6-10-20(15(14)2)25-12-17(11-22(25)28)23(29)30-13-21(27)24-19-9-5-4-8-18(19)16(3)26/h4-10,17H,11-13H2,1-3H3,(H,24,27)/t17-/m1/s1. The monoisotopic (exact) mass is 408 g/mol. The summed E-state index contributed by atoms with van der Waals surface area (Å²) in [7, 11) is 0. The number of nitrogens with zero attached hydrogens (tertiary/aromatic N) is 1. The number of carbonyl (C=O) groups is 4. The number of rotatable bonds is 6. The lowest BCUT2D eigenvalue weighted by Crippen LogP contribution is -2.28. The Hall–Kier alpha value is -3.48. The van der Waals surface area contributed by atoms with Crippen molar-refractivity contribution >= 4 is 34.9 Å². The van der Waals surface area contributed by atoms with Crippen LogP contribution >= 0.6 is 0 Å². The molecular weight excluding hydrogens is 384 g/mol. The van der Waals surface area contributed by atoms with Gasteiger partial charge < -0.3 is 15.0 Å². The minimum atomic E-state index is -0.630. The molecule has 156 valence electrons. The van der Waals surface area contributed by atoms with Gasteiger partial charge in [-0.1, -0.05) is 24.3 Å². The Labute approximate surface area is 175 Å². The lowest BCUT2D eigenvalue weighted by molar-refractivity contribution is -0.151. The van der Waals surface area contributed by atoms with E-state index in [0.29, 0.717) is 11.3 Å². The Morgan fingerprint density at radius 3 is 2.57 bits per heavy atom. The molecule has 2 aromatic rings. The molecule has 1 aliphatic rings. The molecule has 1 atom stereocenters. The lowest BCUT2D eigenvalue weighted by Gasteiger charge is -2.20. The maximum absolute atomic E-state index is 12.4. The number of benzene rings is 2. The van der Waals surface area contributed by atoms with Gasteiger partial charge in [0, 0.05) is 24.2 Å². The molecule has 1 aliphatic heterocycles. The van der Waals surface area contributed by atoms with Gasteiger partial charge >= 0.3 is 5.97 Å². The van der Waals surface area contributed by atoms with Crippen molar-refractivity contribution in [3.8, 4) is 0 Å². The number of anilines is 2. The van der Waals surface area contributed by atoms with Crippen molar-refractivity contribution in [2.45, 2.75) is 27.2 Å². The van der Waals surface area contributed by atoms with Crippen molar-refractivity contribution < 1.29 is 23.9 Å². The zero-order chi connectivity index (χ0) is 21.8. The summed E-state index contributed by atoms with van der Waals surface area (Å²) in [4.78, 5) is 50.3. The highest BCUT2D eigenvalue weighted by atomic mass is 16.5. The van der Waals surface area contributed by atoms with E-state index in [1.807, 2.05) is 32.0 Å². The van der Waals surface area contributed by atoms with E-state index in [2.05, 4.69) is 5.32 Å². The fourth-order valence-electron chi connectivity index (χ4n) is 3.47. The Morgan fingerprint density at radius 2 is 1.83 bits per heavy atom. The molecule has 1 N–H and O–H groups in total. The van der Waals surface area contributed by atoms with E-state index in [0.717, 1.165) is 16.8 Å². The largest absolute Gasteiger partial charge is 0.455 e. The third-order valence-corrected chi connectivity index (χ3v) is 5.25. The maximum atomic E-state index is 12.4. The first-order valence-corrected chi connectivity index (χ1v) is 9.71. The number of Topliss-reactive ketones (excluding diaryl/α,β-unsaturated/α-hetero) is 1. The Kier molecular flexibility index (Phi) is 6.30. The van der Waals surface area contributed by atoms with Crippen LogP contribution in [0.5, 0.6) is 0 Å². The van der Waals surface area contributed by atoms with Crippen LogP contribution in [0.25, 0.3) is 0 Å². The van der Waals surface area contributed by atoms with E-state index in [9.17, 15) is 19.2 Å². The maximum Gasteiger partial charge on any atom is 0.311 e. The molecule has 0 radical (unpaired) electrons. The van der Waals surface area contributed by atoms with Gasteiger partial charge in [0.25, 0.3) is 5.91 Å². The highest BCUT2D eigenvalue weighted by molar-refractivity contribution is 6.04. The number of esters is 1. The van der Waals surface area contributed by atoms with Crippen molar-refractivity contribution in [2.75, 3.05) is 23.4 Å². The Morgan fingerprint density at radius 1 is 1.10 bits per heavy atom. The van der Waals surface area contributed by atoms with Gasteiger partial charge in [0.05, 0.1) is 11.6 Å². The lowest BCUT2D eigenvalue weighted by atomic mass is 10.1. The van der Waals surface area contributed by atoms with Crippen LogP contribution in [0, 0.1) is 19.8 Å². The molecule has 30 heavy (non-hydrogen) atoms. The average molecular weight is 408 g/mol. The first-order chi connectivity index (χ1) is 14.3. The van der Waals surface area contributed by atoms with Gasteiger partial charge in [-0.2, -0.15) is 0 Å². The van der Waals surface area contributed by atoms with Gasteiger partial charge in [-0.15, -0.1) is 0 Å². The van der Waals surface area contributed by atoms with Gasteiger partial charge in [0.15, 0.2) is 12.4 Å². The van der Waals surface area contributed by atoms with Crippen molar-refractivity contribution in [2.24, 2.45) is 5.92 Å². The van der Waals surface area contributed by atoms with Crippen molar-refractivity contribution in [1.29, 1.82) is 0 Å². The molecule has 2 amide bonds. The Balaban J connectivity index is 1.58. The first-order valence-electron chi connectivity index (χ1n) is 9.71. The summed E-state index contributed by atoms with van der Waals surface area (Å²) in [5.41, 5.74) is 3.58. The smallest absolute Gasteiger partial charge is 0.311 e. The molecule has 7 nitrogen and oxygen atoms in total. The number of ketones is 1. The molecule has 1 saturated heterocycles. The summed E-state index contributed by atoms with van der Waals surface area (Å²) >= 11 is 0. The number of carbonyl (C=O) groups excluding carboxylic acids is 4. The van der Waals surface area contributed by atoms with Crippen LogP contribution in [0.3, 0.4) is 0 Å². The number of aryl methyl sites for hydroxylation is 1. The van der Waals surface area contributed by atoms with E-state index < -0.39 is 24.4 Å². The molecule has 0 spiro atoms. The van der Waals surface area contributed by atoms with E-state index in [4.69, 9.17) is 4.74 Å². The topological polar surface area (TPSA) is 92.8 Å². The molecule has 0 unspecified atom stereocenters. The van der Waals surface area contributed by atoms with E-state index in [1.54, 1.807) is 29.2 Å². The van der Waals surface area contributed by atoms with Crippen molar-refractivity contribution in [1.82, 2.24) is 0 Å². The fourth-order valence-corrected chi connectivity index (χ4v) is 3.47. The van der Waals surface area contributed by atoms with Crippen LogP contribution in [0.4, 0.5) is 11.4 Å². The molecule has 2 aromatic carbocycles. The van der Waals surface area contributed by atoms with Crippen LogP contribution in [0.1, 0.15) is 34.8 Å². The summed E-state index contributed by atoms with van der Waals surface area (Å²) < 4.78 is 5.13. The van der Waals surface area contributed by atoms with Crippen LogP contribution in [0.15, 0.2) is 42.5 Å². The van der Waals surface area contributed by atoms with Gasteiger partial charge in [-0.3, -0.25) is 19.2 Å². The molecule has 0 aliphatic carbocycles. The third kappa shape index (κ3) is 4.56. The second-order valence-electron chi connectivity index (χ2n) is 7.38. The van der Waals surface area contributed by atoms with Crippen LogP contribution in [-0.2, 0) is 19.1 Å². The SMILES string of the molecule is CC(=O)c1ccccc1NC(=O)COC(=O)[C@@H]1CC(=O)N(c2cccc(C)c2C)C1. The summed E-state index contributed by atoms with van der Waals surface area (Å²) in [6.45, 7) is 5.04. The number of nitrogens with one attached hydrogen (secondary N) is 1. The number of hydrogen-bond donors (Lipinski definition) is 1. The first kappa shape index (κ1) is 21.2. The van der Waals surface area contributed by atoms with Gasteiger partial charge in [-0.25, -0.2) is 0 Å². The highest BCUT2D eigenvalue weighted by Gasteiger charge is 2.37. The van der Waals surface area contributed by atoms with E-state index in [1.165, 1.54) is 6.92 Å². The number of para-hydroxylation sites is 1. The number of hydrogen-bond acceptors (Lipinski definition) is 5. The molecule has 0 aromatic heterocycles. The summed E-state index contributed by atoms with van der Waals surface area (Å²) in [5, 5.41) is 2.58. The molecule has 1 heterocycles. The minimum Gasteiger partial charge on any atom is -0.455 e. The van der Waals surface area contributed by atoms with Gasteiger partial charge in [-0.05, 0) is 50.1 Å². The molecule has 0 saturated carbocycles. The number of amides is 2. The summed E-state index contributed by atoms with van der Waals surface area (Å²) in [6.07, 6.45) is 0.0427. The second kappa shape index (κ2) is 8.90. The van der Waals surface area contributed by atoms with E-state index >= 15 is 0 Å². The van der Waals surface area contributed by atoms with Crippen LogP contribution in [-0.4, -0.2) is 36.7 Å². The van der Waals surface area contributed by atoms with Crippen molar-refractivity contribution in [3.63, 3.8) is 0 Å². The highest BCUT2D eigenvalue weighted by Crippen LogP contribution is 2.29.